The predicted molar refractivity (Wildman–Crippen MR) is 89.2 cm³/mol. The monoisotopic (exact) mass is 355 g/mol. The van der Waals surface area contributed by atoms with Crippen molar-refractivity contribution in [3.05, 3.63) is 11.4 Å². The molecule has 0 spiro atoms. The summed E-state index contributed by atoms with van der Waals surface area (Å²) < 4.78 is 23.7. The van der Waals surface area contributed by atoms with Gasteiger partial charge in [-0.05, 0) is 33.4 Å². The maximum absolute atomic E-state index is 13.1. The fourth-order valence-electron chi connectivity index (χ4n) is 3.53. The van der Waals surface area contributed by atoms with E-state index in [0.717, 1.165) is 30.8 Å². The number of amides is 1. The van der Waals surface area contributed by atoms with Crippen LogP contribution < -0.4 is 0 Å². The van der Waals surface area contributed by atoms with Crippen LogP contribution in [0.1, 0.15) is 24.2 Å². The van der Waals surface area contributed by atoms with Crippen molar-refractivity contribution in [2.75, 3.05) is 38.7 Å². The molecule has 1 N–H and O–H groups in total. The number of likely N-dealkylation sites (N-methyl/N-ethyl adjacent to an activating group) is 1. The summed E-state index contributed by atoms with van der Waals surface area (Å²) in [6.45, 7) is 1.29. The van der Waals surface area contributed by atoms with Crippen LogP contribution in [0.3, 0.4) is 0 Å². The molecule has 2 atom stereocenters. The van der Waals surface area contributed by atoms with Gasteiger partial charge < -0.3 is 9.80 Å². The first-order chi connectivity index (χ1) is 11.4. The van der Waals surface area contributed by atoms with E-state index >= 15 is 0 Å². The molecule has 8 nitrogen and oxygen atoms in total. The van der Waals surface area contributed by atoms with Gasteiger partial charge in [-0.1, -0.05) is 0 Å². The Kier molecular flexibility index (Phi) is 4.91. The number of hydrogen-bond acceptors (Lipinski definition) is 6. The lowest BCUT2D eigenvalue weighted by Crippen LogP contribution is -2.48. The number of H-pyrrole nitrogens is 1. The second-order valence-corrected chi connectivity index (χ2v) is 9.28. The van der Waals surface area contributed by atoms with E-state index in [2.05, 4.69) is 15.4 Å². The molecule has 2 aliphatic rings. The average molecular weight is 355 g/mol. The summed E-state index contributed by atoms with van der Waals surface area (Å²) in [5.74, 6) is 0.205. The molecule has 24 heavy (non-hydrogen) atoms. The number of aromatic nitrogens is 3. The van der Waals surface area contributed by atoms with Crippen molar-refractivity contribution in [2.45, 2.75) is 31.7 Å². The molecular weight excluding hydrogens is 330 g/mol. The van der Waals surface area contributed by atoms with E-state index in [4.69, 9.17) is 0 Å². The van der Waals surface area contributed by atoms with E-state index in [0.29, 0.717) is 19.4 Å². The van der Waals surface area contributed by atoms with Crippen LogP contribution in [-0.2, 0) is 27.5 Å². The van der Waals surface area contributed by atoms with Crippen LogP contribution in [0.4, 0.5) is 0 Å². The molecule has 2 unspecified atom stereocenters. The van der Waals surface area contributed by atoms with Gasteiger partial charge in [-0.15, -0.1) is 0 Å². The van der Waals surface area contributed by atoms with Crippen molar-refractivity contribution < 1.29 is 13.2 Å². The number of nitrogens with zero attached hydrogens (tertiary/aromatic N) is 4. The highest BCUT2D eigenvalue weighted by molar-refractivity contribution is 7.91. The Labute approximate surface area is 142 Å². The number of rotatable bonds is 5. The Bertz CT molecular complexity index is 700. The molecule has 0 saturated carbocycles. The maximum Gasteiger partial charge on any atom is 0.226 e. The van der Waals surface area contributed by atoms with E-state index in [1.807, 2.05) is 19.0 Å². The van der Waals surface area contributed by atoms with Gasteiger partial charge in [0.25, 0.3) is 0 Å². The molecule has 134 valence electrons. The average Bonchev–Trinajstić information content (AvgIpc) is 3.12. The minimum Gasteiger partial charge on any atom is -0.337 e. The summed E-state index contributed by atoms with van der Waals surface area (Å²) in [5.41, 5.74) is 1.81. The topological polar surface area (TPSA) is 99.3 Å². The first-order valence-corrected chi connectivity index (χ1v) is 10.2. The van der Waals surface area contributed by atoms with E-state index in [9.17, 15) is 13.2 Å². The Hall–Kier alpha value is -1.48. The molecule has 3 rings (SSSR count). The number of sulfone groups is 1. The smallest absolute Gasteiger partial charge is 0.226 e. The van der Waals surface area contributed by atoms with Gasteiger partial charge in [0.05, 0.1) is 22.9 Å². The van der Waals surface area contributed by atoms with Crippen molar-refractivity contribution in [1.29, 1.82) is 0 Å². The zero-order valence-electron chi connectivity index (χ0n) is 14.2. The van der Waals surface area contributed by atoms with Crippen LogP contribution in [0.2, 0.25) is 0 Å². The zero-order chi connectivity index (χ0) is 17.3. The lowest BCUT2D eigenvalue weighted by atomic mass is 9.88. The zero-order valence-corrected chi connectivity index (χ0v) is 15.0. The van der Waals surface area contributed by atoms with Gasteiger partial charge in [0, 0.05) is 31.5 Å². The highest BCUT2D eigenvalue weighted by atomic mass is 32.2. The minimum atomic E-state index is -3.02. The highest BCUT2D eigenvalue weighted by Gasteiger charge is 2.38. The first-order valence-electron chi connectivity index (χ1n) is 8.40. The molecule has 1 aromatic rings. The quantitative estimate of drug-likeness (QED) is 0.763. The van der Waals surface area contributed by atoms with E-state index < -0.39 is 9.84 Å². The Morgan fingerprint density at radius 2 is 1.96 bits per heavy atom. The second kappa shape index (κ2) is 6.79. The van der Waals surface area contributed by atoms with Crippen LogP contribution in [0, 0.1) is 5.92 Å². The third-order valence-electron chi connectivity index (χ3n) is 4.94. The standard InChI is InChI=1S/C15H25N5O3S/c1-19(2)6-7-20(12-5-8-24(22,23)10-12)15(21)11-3-4-13-14(9-11)17-18-16-13/h11-12H,3-10H2,1-2H3,(H,16,17,18). The Balaban J connectivity index is 1.73. The maximum atomic E-state index is 13.1. The number of carbonyl (C=O) groups is 1. The molecular formula is C15H25N5O3S. The highest BCUT2D eigenvalue weighted by Crippen LogP contribution is 2.27. The molecule has 1 aromatic heterocycles. The molecule has 2 heterocycles. The molecule has 0 aromatic carbocycles. The van der Waals surface area contributed by atoms with E-state index in [-0.39, 0.29) is 29.4 Å². The van der Waals surface area contributed by atoms with Crippen LogP contribution >= 0.6 is 0 Å². The molecule has 0 radical (unpaired) electrons. The molecule has 1 amide bonds. The van der Waals surface area contributed by atoms with E-state index in [1.165, 1.54) is 0 Å². The number of aryl methyl sites for hydroxylation is 1. The summed E-state index contributed by atoms with van der Waals surface area (Å²) in [7, 11) is 0.892. The summed E-state index contributed by atoms with van der Waals surface area (Å²) >= 11 is 0. The van der Waals surface area contributed by atoms with Crippen molar-refractivity contribution in [3.63, 3.8) is 0 Å². The van der Waals surface area contributed by atoms with Gasteiger partial charge in [-0.3, -0.25) is 4.79 Å². The minimum absolute atomic E-state index is 0.0626. The third-order valence-corrected chi connectivity index (χ3v) is 6.69. The number of hydrogen-bond donors (Lipinski definition) is 1. The van der Waals surface area contributed by atoms with Gasteiger partial charge in [-0.25, -0.2) is 8.42 Å². The number of aromatic amines is 1. The van der Waals surface area contributed by atoms with Gasteiger partial charge in [0.1, 0.15) is 0 Å². The Morgan fingerprint density at radius 3 is 2.62 bits per heavy atom. The van der Waals surface area contributed by atoms with Crippen molar-refractivity contribution in [2.24, 2.45) is 5.92 Å². The molecule has 9 heteroatoms. The summed E-state index contributed by atoms with van der Waals surface area (Å²) in [4.78, 5) is 16.9. The van der Waals surface area contributed by atoms with Crippen molar-refractivity contribution >= 4 is 15.7 Å². The van der Waals surface area contributed by atoms with Gasteiger partial charge in [-0.2, -0.15) is 15.4 Å². The largest absolute Gasteiger partial charge is 0.337 e. The predicted octanol–water partition coefficient (Wildman–Crippen LogP) is -0.513. The van der Waals surface area contributed by atoms with Crippen molar-refractivity contribution in [1.82, 2.24) is 25.2 Å². The fraction of sp³-hybridized carbons (Fsp3) is 0.800. The summed E-state index contributed by atoms with van der Waals surface area (Å²) in [5, 5.41) is 10.9. The van der Waals surface area contributed by atoms with Crippen molar-refractivity contribution in [3.8, 4) is 0 Å². The summed E-state index contributed by atoms with van der Waals surface area (Å²) in [6.07, 6.45) is 2.62. The lowest BCUT2D eigenvalue weighted by molar-refractivity contribution is -0.138. The molecule has 1 saturated heterocycles. The molecule has 1 fully saturated rings. The van der Waals surface area contributed by atoms with Crippen LogP contribution in [0.5, 0.6) is 0 Å². The number of fused-ring (bicyclic) bond motifs is 1. The van der Waals surface area contributed by atoms with E-state index in [1.54, 1.807) is 4.90 Å². The molecule has 1 aliphatic heterocycles. The van der Waals surface area contributed by atoms with Gasteiger partial charge in [0.15, 0.2) is 9.84 Å². The normalized spacial score (nSPS) is 25.6. The van der Waals surface area contributed by atoms with Crippen LogP contribution in [-0.4, -0.2) is 84.3 Å². The Morgan fingerprint density at radius 1 is 1.21 bits per heavy atom. The van der Waals surface area contributed by atoms with Gasteiger partial charge in [0.2, 0.25) is 5.91 Å². The summed E-state index contributed by atoms with van der Waals surface area (Å²) in [6, 6.07) is -0.193. The fourth-order valence-corrected chi connectivity index (χ4v) is 5.26. The van der Waals surface area contributed by atoms with Crippen LogP contribution in [0.25, 0.3) is 0 Å². The third kappa shape index (κ3) is 3.77. The van der Waals surface area contributed by atoms with Crippen LogP contribution in [0.15, 0.2) is 0 Å². The lowest BCUT2D eigenvalue weighted by Gasteiger charge is -2.33. The number of nitrogens with one attached hydrogen (secondary N) is 1. The first kappa shape index (κ1) is 17.3. The number of carbonyl (C=O) groups excluding carboxylic acids is 1. The molecule has 0 bridgehead atoms. The molecule has 1 aliphatic carbocycles. The second-order valence-electron chi connectivity index (χ2n) is 7.05. The SMILES string of the molecule is CN(C)CCN(C(=O)C1CCc2n[nH]nc2C1)C1CCS(=O)(=O)C1. The van der Waals surface area contributed by atoms with Gasteiger partial charge >= 0.3 is 0 Å².